The highest BCUT2D eigenvalue weighted by atomic mass is 16.1. The molecule has 5 fully saturated rings. The fraction of sp³-hybridized carbons (Fsp3) is 0.700. The molecule has 0 amide bonds. The lowest BCUT2D eigenvalue weighted by Crippen LogP contribution is -2.50. The van der Waals surface area contributed by atoms with E-state index in [2.05, 4.69) is 24.3 Å². The largest absolute Gasteiger partial charge is 0.299 e. The van der Waals surface area contributed by atoms with Crippen LogP contribution in [0.2, 0.25) is 0 Å². The van der Waals surface area contributed by atoms with Crippen LogP contribution in [0.25, 0.3) is 0 Å². The summed E-state index contributed by atoms with van der Waals surface area (Å²) < 4.78 is 0. The van der Waals surface area contributed by atoms with Gasteiger partial charge >= 0.3 is 0 Å². The van der Waals surface area contributed by atoms with Crippen molar-refractivity contribution in [2.45, 2.75) is 25.7 Å². The lowest BCUT2D eigenvalue weighted by atomic mass is 9.60. The Balaban J connectivity index is 1.41. The van der Waals surface area contributed by atoms with Gasteiger partial charge in [-0.25, -0.2) is 0 Å². The Morgan fingerprint density at radius 2 is 0.864 bits per heavy atom. The molecule has 2 spiro atoms. The molecule has 0 heterocycles. The predicted octanol–water partition coefficient (Wildman–Crippen LogP) is 2.80. The van der Waals surface area contributed by atoms with Crippen molar-refractivity contribution in [3.05, 3.63) is 24.3 Å². The molecule has 5 saturated carbocycles. The topological polar surface area (TPSA) is 34.1 Å². The van der Waals surface area contributed by atoms with E-state index in [1.165, 1.54) is 25.7 Å². The van der Waals surface area contributed by atoms with E-state index in [0.717, 1.165) is 0 Å². The molecule has 2 heteroatoms. The third-order valence-electron chi connectivity index (χ3n) is 9.00. The summed E-state index contributed by atoms with van der Waals surface area (Å²) in [6, 6.07) is 0. The number of fused-ring (bicyclic) bond motifs is 6. The molecule has 0 saturated heterocycles. The van der Waals surface area contributed by atoms with Gasteiger partial charge in [0.25, 0.3) is 0 Å². The van der Waals surface area contributed by atoms with E-state index in [-0.39, 0.29) is 23.7 Å². The van der Waals surface area contributed by atoms with Crippen LogP contribution in [0.3, 0.4) is 0 Å². The molecule has 7 rings (SSSR count). The number of Topliss-reactive ketones (excluding diaryl/α,β-unsaturated/α-hetero) is 2. The Labute approximate surface area is 130 Å². The van der Waals surface area contributed by atoms with Crippen LogP contribution in [0.15, 0.2) is 24.3 Å². The number of hydrogen-bond acceptors (Lipinski definition) is 2. The van der Waals surface area contributed by atoms with Crippen molar-refractivity contribution in [3.8, 4) is 0 Å². The summed E-state index contributed by atoms with van der Waals surface area (Å²) >= 11 is 0. The van der Waals surface area contributed by atoms with Crippen molar-refractivity contribution >= 4 is 11.6 Å². The number of carbonyl (C=O) groups is 2. The highest BCUT2D eigenvalue weighted by Crippen LogP contribution is 2.78. The second-order valence-corrected chi connectivity index (χ2v) is 9.25. The zero-order chi connectivity index (χ0) is 14.4. The molecule has 2 nitrogen and oxygen atoms in total. The molecule has 7 aliphatic carbocycles. The third-order valence-corrected chi connectivity index (χ3v) is 9.00. The molecule has 112 valence electrons. The first-order valence-corrected chi connectivity index (χ1v) is 9.13. The maximum Gasteiger partial charge on any atom is 0.141 e. The highest BCUT2D eigenvalue weighted by Gasteiger charge is 2.78. The first-order valence-electron chi connectivity index (χ1n) is 9.13. The van der Waals surface area contributed by atoms with E-state index in [0.29, 0.717) is 46.1 Å². The second-order valence-electron chi connectivity index (χ2n) is 9.25. The molecule has 0 N–H and O–H groups in total. The van der Waals surface area contributed by atoms with Gasteiger partial charge in [-0.1, -0.05) is 24.3 Å². The summed E-state index contributed by atoms with van der Waals surface area (Å²) in [6.07, 6.45) is 14.2. The van der Waals surface area contributed by atoms with E-state index in [1.54, 1.807) is 0 Å². The van der Waals surface area contributed by atoms with Crippen LogP contribution in [-0.4, -0.2) is 11.6 Å². The fourth-order valence-corrected chi connectivity index (χ4v) is 7.97. The number of rotatable bonds is 0. The van der Waals surface area contributed by atoms with Crippen LogP contribution in [0.5, 0.6) is 0 Å². The van der Waals surface area contributed by atoms with Crippen LogP contribution < -0.4 is 0 Å². The van der Waals surface area contributed by atoms with Gasteiger partial charge < -0.3 is 0 Å². The minimum absolute atomic E-state index is 0.0507. The molecule has 0 aromatic heterocycles. The van der Waals surface area contributed by atoms with Gasteiger partial charge in [0.05, 0.1) is 0 Å². The van der Waals surface area contributed by atoms with Crippen molar-refractivity contribution in [2.24, 2.45) is 58.2 Å². The third kappa shape index (κ3) is 0.871. The quantitative estimate of drug-likeness (QED) is 0.643. The highest BCUT2D eigenvalue weighted by molar-refractivity contribution is 6.03. The summed E-state index contributed by atoms with van der Waals surface area (Å²) in [5.41, 5.74) is 0.673. The SMILES string of the molecule is O=C1[C@@H]2[C@H](C(=O)[C@H]3[C@@H]1[C@H]1C=C[C@H]3C13CC3)[C@H]1C=C[C@H]2C12CC2. The molecule has 0 unspecified atom stereocenters. The van der Waals surface area contributed by atoms with E-state index >= 15 is 0 Å². The molecule has 0 aromatic rings. The maximum absolute atomic E-state index is 13.4. The second kappa shape index (κ2) is 2.95. The normalized spacial score (nSPS) is 58.7. The number of hydrogen-bond donors (Lipinski definition) is 0. The van der Waals surface area contributed by atoms with Crippen molar-refractivity contribution in [2.75, 3.05) is 0 Å². The molecule has 4 bridgehead atoms. The van der Waals surface area contributed by atoms with Crippen LogP contribution in [0, 0.1) is 58.2 Å². The van der Waals surface area contributed by atoms with Gasteiger partial charge in [-0.2, -0.15) is 0 Å². The van der Waals surface area contributed by atoms with Crippen molar-refractivity contribution in [3.63, 3.8) is 0 Å². The molecule has 0 radical (unpaired) electrons. The number of carbonyl (C=O) groups excluding carboxylic acids is 2. The molecule has 22 heavy (non-hydrogen) atoms. The van der Waals surface area contributed by atoms with Gasteiger partial charge in [-0.3, -0.25) is 9.59 Å². The van der Waals surface area contributed by atoms with Gasteiger partial charge in [-0.05, 0) is 60.2 Å². The minimum atomic E-state index is 0.0507. The van der Waals surface area contributed by atoms with Gasteiger partial charge in [-0.15, -0.1) is 0 Å². The van der Waals surface area contributed by atoms with Crippen molar-refractivity contribution in [1.29, 1.82) is 0 Å². The minimum Gasteiger partial charge on any atom is -0.299 e. The average molecular weight is 292 g/mol. The van der Waals surface area contributed by atoms with E-state index in [4.69, 9.17) is 0 Å². The lowest BCUT2D eigenvalue weighted by molar-refractivity contribution is -0.148. The van der Waals surface area contributed by atoms with Gasteiger partial charge in [0, 0.05) is 23.7 Å². The van der Waals surface area contributed by atoms with Gasteiger partial charge in [0.2, 0.25) is 0 Å². The summed E-state index contributed by atoms with van der Waals surface area (Å²) in [7, 11) is 0. The first kappa shape index (κ1) is 11.4. The molecular weight excluding hydrogens is 272 g/mol. The van der Waals surface area contributed by atoms with E-state index < -0.39 is 0 Å². The number of allylic oxidation sites excluding steroid dienone is 4. The molecule has 8 atom stereocenters. The summed E-state index contributed by atoms with van der Waals surface area (Å²) in [5, 5.41) is 0. The van der Waals surface area contributed by atoms with E-state index in [9.17, 15) is 9.59 Å². The Morgan fingerprint density at radius 1 is 0.591 bits per heavy atom. The zero-order valence-corrected chi connectivity index (χ0v) is 12.6. The zero-order valence-electron chi connectivity index (χ0n) is 12.6. The summed E-state index contributed by atoms with van der Waals surface area (Å²) in [4.78, 5) is 26.8. The lowest BCUT2D eigenvalue weighted by Gasteiger charge is -2.40. The van der Waals surface area contributed by atoms with Crippen LogP contribution in [0.1, 0.15) is 25.7 Å². The van der Waals surface area contributed by atoms with Gasteiger partial charge in [0.1, 0.15) is 11.6 Å². The predicted molar refractivity (Wildman–Crippen MR) is 79.5 cm³/mol. The maximum atomic E-state index is 13.4. The Bertz CT molecular complexity index is 610. The smallest absolute Gasteiger partial charge is 0.141 e. The van der Waals surface area contributed by atoms with Gasteiger partial charge in [0.15, 0.2) is 0 Å². The monoisotopic (exact) mass is 292 g/mol. The van der Waals surface area contributed by atoms with Crippen LogP contribution >= 0.6 is 0 Å². The summed E-state index contributed by atoms with van der Waals surface area (Å²) in [5.74, 6) is 2.78. The number of ketones is 2. The fourth-order valence-electron chi connectivity index (χ4n) is 7.97. The average Bonchev–Trinajstić information content (AvgIpc) is 3.37. The summed E-state index contributed by atoms with van der Waals surface area (Å²) in [6.45, 7) is 0. The van der Waals surface area contributed by atoms with Crippen molar-refractivity contribution < 1.29 is 9.59 Å². The first-order chi connectivity index (χ1) is 10.7. The standard InChI is InChI=1S/C20H20O2/c21-17-13-9-1-2-10(19(9)5-6-19)14(13)18(22)16-12-4-3-11(15(16)17)20(12)7-8-20/h1-4,9-16H,5-8H2/t9-,10-,11-,12-,13-,14+,15-,16+/m1/s1. The Hall–Kier alpha value is -1.18. The van der Waals surface area contributed by atoms with Crippen molar-refractivity contribution in [1.82, 2.24) is 0 Å². The van der Waals surface area contributed by atoms with Crippen LogP contribution in [0.4, 0.5) is 0 Å². The molecule has 7 aliphatic rings. The molecular formula is C20H20O2. The van der Waals surface area contributed by atoms with Crippen LogP contribution in [-0.2, 0) is 9.59 Å². The Kier molecular flexibility index (Phi) is 1.52. The molecule has 0 aliphatic heterocycles. The molecule has 0 aromatic carbocycles. The van der Waals surface area contributed by atoms with E-state index in [1.807, 2.05) is 0 Å². The Morgan fingerprint density at radius 3 is 1.09 bits per heavy atom.